The van der Waals surface area contributed by atoms with E-state index >= 15 is 0 Å². The molecule has 2 atom stereocenters. The lowest BCUT2D eigenvalue weighted by molar-refractivity contribution is 0.281. The second kappa shape index (κ2) is 8.27. The van der Waals surface area contributed by atoms with Crippen molar-refractivity contribution in [1.29, 1.82) is 0 Å². The molecule has 0 saturated carbocycles. The number of nitrogens with zero attached hydrogens (tertiary/aromatic N) is 1. The fourth-order valence-electron chi connectivity index (χ4n) is 3.57. The predicted molar refractivity (Wildman–Crippen MR) is 125 cm³/mol. The molecule has 2 aromatic rings. The quantitative estimate of drug-likeness (QED) is 0.470. The summed E-state index contributed by atoms with van der Waals surface area (Å²) in [5.41, 5.74) is 0. The second-order valence-electron chi connectivity index (χ2n) is 8.68. The van der Waals surface area contributed by atoms with Crippen molar-refractivity contribution < 1.29 is 0 Å². The van der Waals surface area contributed by atoms with Gasteiger partial charge in [-0.25, -0.2) is 0 Å². The zero-order chi connectivity index (χ0) is 19.6. The van der Waals surface area contributed by atoms with E-state index in [9.17, 15) is 0 Å². The molecule has 2 unspecified atom stereocenters. The van der Waals surface area contributed by atoms with Gasteiger partial charge in [-0.2, -0.15) is 0 Å². The Hall–Kier alpha value is -1.47. The van der Waals surface area contributed by atoms with Crippen LogP contribution < -0.4 is 10.6 Å². The zero-order valence-electron chi connectivity index (χ0n) is 17.5. The molecule has 27 heavy (non-hydrogen) atoms. The Morgan fingerprint density at radius 1 is 0.852 bits per heavy atom. The van der Waals surface area contributed by atoms with Gasteiger partial charge in [0.25, 0.3) is 0 Å². The van der Waals surface area contributed by atoms with Crippen molar-refractivity contribution >= 4 is 26.6 Å². The molecule has 0 fully saturated rings. The summed E-state index contributed by atoms with van der Waals surface area (Å²) in [7, 11) is 2.53. The molecule has 3 rings (SSSR count). The van der Waals surface area contributed by atoms with Crippen molar-refractivity contribution in [3.05, 3.63) is 83.3 Å². The molecule has 0 saturated heterocycles. The van der Waals surface area contributed by atoms with Gasteiger partial charge in [-0.3, -0.25) is 0 Å². The number of allylic oxidation sites excluding steroid dienone is 2. The van der Waals surface area contributed by atoms with E-state index in [1.54, 1.807) is 10.5 Å². The molecule has 0 aromatic heterocycles. The number of benzene rings is 2. The zero-order valence-corrected chi connectivity index (χ0v) is 19.4. The van der Waals surface area contributed by atoms with Crippen LogP contribution in [-0.2, 0) is 0 Å². The maximum absolute atomic E-state index is 2.59. The van der Waals surface area contributed by atoms with E-state index in [1.165, 1.54) is 10.6 Å². The molecule has 2 aromatic carbocycles. The predicted octanol–water partition coefficient (Wildman–Crippen LogP) is 5.39. The number of hydrogen-bond acceptors (Lipinski definition) is 1. The van der Waals surface area contributed by atoms with Crippen LogP contribution in [0.5, 0.6) is 0 Å². The van der Waals surface area contributed by atoms with E-state index in [4.69, 9.17) is 0 Å². The van der Waals surface area contributed by atoms with E-state index in [0.29, 0.717) is 12.0 Å². The maximum atomic E-state index is 2.59. The Bertz CT molecular complexity index is 779. The van der Waals surface area contributed by atoms with Gasteiger partial charge in [-0.15, -0.1) is 0 Å². The van der Waals surface area contributed by atoms with Gasteiger partial charge in [0.1, 0.15) is 0 Å². The SMILES string of the molecule is CC(C1C=C([Si](C)(C)C)C=C1P(c1ccccc1)c1ccccc1)N(C)C. The summed E-state index contributed by atoms with van der Waals surface area (Å²) in [5, 5.41) is 6.12. The molecule has 0 aliphatic heterocycles. The standard InChI is InChI=1S/C24H32NPSi/c1-19(25(2)3)23-17-22(27(4,5)6)18-24(23)26(20-13-9-7-10-14-20)21-15-11-8-12-16-21/h7-19,23H,1-6H3. The van der Waals surface area contributed by atoms with Crippen LogP contribution in [0.2, 0.25) is 19.6 Å². The lowest BCUT2D eigenvalue weighted by Crippen LogP contribution is -2.33. The molecule has 1 nitrogen and oxygen atoms in total. The molecule has 0 radical (unpaired) electrons. The van der Waals surface area contributed by atoms with E-state index in [1.807, 2.05) is 0 Å². The van der Waals surface area contributed by atoms with Gasteiger partial charge in [0.05, 0.1) is 8.07 Å². The monoisotopic (exact) mass is 393 g/mol. The first-order valence-electron chi connectivity index (χ1n) is 9.79. The average Bonchev–Trinajstić information content (AvgIpc) is 3.08. The topological polar surface area (TPSA) is 3.24 Å². The molecule has 1 aliphatic rings. The van der Waals surface area contributed by atoms with Gasteiger partial charge in [0.15, 0.2) is 0 Å². The highest BCUT2D eigenvalue weighted by Gasteiger charge is 2.35. The first-order valence-corrected chi connectivity index (χ1v) is 14.6. The first-order chi connectivity index (χ1) is 12.8. The van der Waals surface area contributed by atoms with Crippen LogP contribution in [0.15, 0.2) is 83.3 Å². The third-order valence-corrected chi connectivity index (χ3v) is 10.1. The van der Waals surface area contributed by atoms with Crippen LogP contribution >= 0.6 is 7.92 Å². The normalized spacial score (nSPS) is 18.6. The highest BCUT2D eigenvalue weighted by Crippen LogP contribution is 2.52. The summed E-state index contributed by atoms with van der Waals surface area (Å²) >= 11 is 0. The Balaban J connectivity index is 2.14. The minimum atomic E-state index is -1.36. The molecule has 0 heterocycles. The Morgan fingerprint density at radius 2 is 1.33 bits per heavy atom. The highest BCUT2D eigenvalue weighted by atomic mass is 31.1. The fraction of sp³-hybridized carbons (Fsp3) is 0.333. The van der Waals surface area contributed by atoms with Crippen LogP contribution in [0.25, 0.3) is 0 Å². The summed E-state index contributed by atoms with van der Waals surface area (Å²) < 4.78 is 0. The van der Waals surface area contributed by atoms with Crippen molar-refractivity contribution in [2.24, 2.45) is 5.92 Å². The smallest absolute Gasteiger partial charge is 0.0772 e. The third-order valence-electron chi connectivity index (χ3n) is 5.49. The van der Waals surface area contributed by atoms with Gasteiger partial charge < -0.3 is 4.90 Å². The fourth-order valence-corrected chi connectivity index (χ4v) is 7.65. The van der Waals surface area contributed by atoms with Crippen LogP contribution in [0.1, 0.15) is 6.92 Å². The van der Waals surface area contributed by atoms with Gasteiger partial charge in [0, 0.05) is 12.0 Å². The van der Waals surface area contributed by atoms with Crippen LogP contribution in [0.4, 0.5) is 0 Å². The maximum Gasteiger partial charge on any atom is 0.0772 e. The molecule has 1 aliphatic carbocycles. The van der Waals surface area contributed by atoms with Crippen LogP contribution in [0, 0.1) is 5.92 Å². The second-order valence-corrected chi connectivity index (χ2v) is 16.0. The third kappa shape index (κ3) is 4.51. The Morgan fingerprint density at radius 3 is 1.74 bits per heavy atom. The summed E-state index contributed by atoms with van der Waals surface area (Å²) in [6, 6.07) is 22.7. The Labute approximate surface area is 167 Å². The van der Waals surface area contributed by atoms with Gasteiger partial charge in [0.2, 0.25) is 0 Å². The summed E-state index contributed by atoms with van der Waals surface area (Å²) in [6.45, 7) is 9.75. The molecule has 0 spiro atoms. The van der Waals surface area contributed by atoms with Crippen molar-refractivity contribution in [2.45, 2.75) is 32.6 Å². The van der Waals surface area contributed by atoms with Crippen LogP contribution in [-0.4, -0.2) is 33.1 Å². The molecule has 3 heteroatoms. The summed E-state index contributed by atoms with van der Waals surface area (Å²) in [5.74, 6) is 0.480. The summed E-state index contributed by atoms with van der Waals surface area (Å²) in [4.78, 5) is 2.37. The van der Waals surface area contributed by atoms with Crippen molar-refractivity contribution in [3.8, 4) is 0 Å². The number of hydrogen-bond donors (Lipinski definition) is 0. The molecule has 0 bridgehead atoms. The first kappa shape index (κ1) is 20.3. The Kier molecular flexibility index (Phi) is 6.20. The van der Waals surface area contributed by atoms with Gasteiger partial charge >= 0.3 is 0 Å². The minimum Gasteiger partial charge on any atom is -0.306 e. The molecule has 0 N–H and O–H groups in total. The lowest BCUT2D eigenvalue weighted by Gasteiger charge is -2.32. The number of rotatable bonds is 6. The van der Waals surface area contributed by atoms with Crippen molar-refractivity contribution in [1.82, 2.24) is 4.90 Å². The van der Waals surface area contributed by atoms with Gasteiger partial charge in [-0.05, 0) is 44.9 Å². The minimum absolute atomic E-state index is 0.480. The molecule has 0 amide bonds. The van der Waals surface area contributed by atoms with Crippen molar-refractivity contribution in [2.75, 3.05) is 14.1 Å². The van der Waals surface area contributed by atoms with E-state index in [0.717, 1.165) is 0 Å². The summed E-state index contributed by atoms with van der Waals surface area (Å²) in [6.07, 6.45) is 5.16. The van der Waals surface area contributed by atoms with Gasteiger partial charge in [-0.1, -0.05) is 97.7 Å². The largest absolute Gasteiger partial charge is 0.306 e. The van der Waals surface area contributed by atoms with E-state index in [-0.39, 0.29) is 0 Å². The molecular formula is C24H32NPSi. The van der Waals surface area contributed by atoms with E-state index in [2.05, 4.69) is 118 Å². The van der Waals surface area contributed by atoms with Crippen molar-refractivity contribution in [3.63, 3.8) is 0 Å². The highest BCUT2D eigenvalue weighted by molar-refractivity contribution is 7.76. The molecule has 142 valence electrons. The van der Waals surface area contributed by atoms with E-state index < -0.39 is 16.0 Å². The van der Waals surface area contributed by atoms with Crippen LogP contribution in [0.3, 0.4) is 0 Å². The lowest BCUT2D eigenvalue weighted by atomic mass is 10.0. The average molecular weight is 394 g/mol. The molecular weight excluding hydrogens is 361 g/mol.